The van der Waals surface area contributed by atoms with Crippen molar-refractivity contribution in [2.75, 3.05) is 12.3 Å². The smallest absolute Gasteiger partial charge is 0.355 e. The van der Waals surface area contributed by atoms with Gasteiger partial charge >= 0.3 is 5.97 Å². The number of carbonyl (C=O) groups excluding carboxylic acids is 1. The third-order valence-electron chi connectivity index (χ3n) is 5.55. The van der Waals surface area contributed by atoms with Gasteiger partial charge in [0.05, 0.1) is 12.1 Å². The summed E-state index contributed by atoms with van der Waals surface area (Å²) in [7, 11) is 0. The molecule has 1 amide bonds. The number of benzene rings is 1. The molecule has 2 heterocycles. The van der Waals surface area contributed by atoms with Crippen LogP contribution in [-0.4, -0.2) is 45.2 Å². The molecule has 0 saturated carbocycles. The average Bonchev–Trinajstić information content (AvgIpc) is 3.34. The molecule has 29 heavy (non-hydrogen) atoms. The molecule has 1 saturated heterocycles. The molecular formula is C21H27N3O3S2. The lowest BCUT2D eigenvalue weighted by Crippen LogP contribution is -2.41. The highest BCUT2D eigenvalue weighted by Gasteiger charge is 2.35. The van der Waals surface area contributed by atoms with Gasteiger partial charge in [-0.1, -0.05) is 49.9 Å². The van der Waals surface area contributed by atoms with Crippen molar-refractivity contribution in [2.24, 2.45) is 5.73 Å². The van der Waals surface area contributed by atoms with Crippen LogP contribution in [-0.2, 0) is 4.79 Å². The van der Waals surface area contributed by atoms with Gasteiger partial charge < -0.3 is 15.7 Å². The van der Waals surface area contributed by atoms with Crippen molar-refractivity contribution in [1.82, 2.24) is 9.88 Å². The quantitative estimate of drug-likeness (QED) is 0.577. The highest BCUT2D eigenvalue weighted by Crippen LogP contribution is 2.31. The first kappa shape index (κ1) is 21.8. The zero-order valence-corrected chi connectivity index (χ0v) is 18.3. The van der Waals surface area contributed by atoms with Gasteiger partial charge in [-0.25, -0.2) is 9.78 Å². The van der Waals surface area contributed by atoms with Crippen LogP contribution < -0.4 is 5.73 Å². The number of aromatic nitrogens is 1. The topological polar surface area (TPSA) is 96.5 Å². The first-order chi connectivity index (χ1) is 13.9. The zero-order valence-electron chi connectivity index (χ0n) is 16.7. The van der Waals surface area contributed by atoms with E-state index in [1.165, 1.54) is 34.0 Å². The van der Waals surface area contributed by atoms with Crippen LogP contribution in [0.3, 0.4) is 0 Å². The van der Waals surface area contributed by atoms with Crippen LogP contribution in [0.5, 0.6) is 0 Å². The molecule has 0 bridgehead atoms. The van der Waals surface area contributed by atoms with Crippen LogP contribution in [0, 0.1) is 0 Å². The number of nitrogens with zero attached hydrogens (tertiary/aromatic N) is 2. The maximum absolute atomic E-state index is 12.4. The molecule has 3 rings (SSSR count). The molecule has 1 aromatic heterocycles. The maximum atomic E-state index is 12.4. The number of likely N-dealkylation sites (tertiary alicyclic amines) is 1. The van der Waals surface area contributed by atoms with Gasteiger partial charge in [0.2, 0.25) is 5.91 Å². The first-order valence-electron chi connectivity index (χ1n) is 9.87. The molecule has 1 aromatic carbocycles. The summed E-state index contributed by atoms with van der Waals surface area (Å²) in [6.07, 6.45) is 2.38. The number of carboxylic acids is 1. The molecule has 8 heteroatoms. The van der Waals surface area contributed by atoms with E-state index in [-0.39, 0.29) is 23.7 Å². The highest BCUT2D eigenvalue weighted by molar-refractivity contribution is 8.01. The molecule has 0 radical (unpaired) electrons. The second-order valence-electron chi connectivity index (χ2n) is 7.35. The summed E-state index contributed by atoms with van der Waals surface area (Å²) >= 11 is 2.79. The van der Waals surface area contributed by atoms with E-state index < -0.39 is 5.97 Å². The summed E-state index contributed by atoms with van der Waals surface area (Å²) in [6, 6.07) is 8.24. The van der Waals surface area contributed by atoms with Gasteiger partial charge in [0.1, 0.15) is 0 Å². The van der Waals surface area contributed by atoms with Crippen molar-refractivity contribution in [3.63, 3.8) is 0 Å². The van der Waals surface area contributed by atoms with Crippen molar-refractivity contribution in [3.8, 4) is 0 Å². The van der Waals surface area contributed by atoms with E-state index in [9.17, 15) is 9.59 Å². The number of carbonyl (C=O) groups is 2. The van der Waals surface area contributed by atoms with Crippen molar-refractivity contribution >= 4 is 35.0 Å². The molecule has 1 fully saturated rings. The predicted molar refractivity (Wildman–Crippen MR) is 117 cm³/mol. The fraction of sp³-hybridized carbons (Fsp3) is 0.476. The minimum absolute atomic E-state index is 0.0107. The zero-order chi connectivity index (χ0) is 21.0. The number of aromatic carboxylic acids is 1. The summed E-state index contributed by atoms with van der Waals surface area (Å²) in [4.78, 5) is 29.3. The number of thiazole rings is 1. The molecule has 156 valence electrons. The standard InChI is InChI=1S/C21H27N3O3S2/c1-3-13(2)14-4-6-15(7-5-14)19(22)17-8-9-18(25)24(17)10-11-28-21-23-16(12-29-21)20(26)27/h4-7,12-13,17,19H,3,8-11,22H2,1-2H3,(H,26,27)/t13?,17-,19?/m1/s1. The lowest BCUT2D eigenvalue weighted by atomic mass is 9.93. The van der Waals surface area contributed by atoms with E-state index in [1.54, 1.807) is 0 Å². The van der Waals surface area contributed by atoms with Gasteiger partial charge in [-0.3, -0.25) is 4.79 Å². The van der Waals surface area contributed by atoms with Crippen LogP contribution in [0.1, 0.15) is 66.7 Å². The van der Waals surface area contributed by atoms with Gasteiger partial charge in [0.25, 0.3) is 0 Å². The first-order valence-corrected chi connectivity index (χ1v) is 11.7. The van der Waals surface area contributed by atoms with Crippen molar-refractivity contribution < 1.29 is 14.7 Å². The number of rotatable bonds is 9. The van der Waals surface area contributed by atoms with Gasteiger partial charge in [0.15, 0.2) is 10.0 Å². The molecule has 2 unspecified atom stereocenters. The summed E-state index contributed by atoms with van der Waals surface area (Å²) in [6.45, 7) is 4.97. The monoisotopic (exact) mass is 433 g/mol. The van der Waals surface area contributed by atoms with Crippen LogP contribution in [0.25, 0.3) is 0 Å². The number of nitrogens with two attached hydrogens (primary N) is 1. The molecule has 1 aliphatic rings. The van der Waals surface area contributed by atoms with Gasteiger partial charge in [0, 0.05) is 24.1 Å². The Kier molecular flexibility index (Phi) is 7.32. The molecule has 3 atom stereocenters. The largest absolute Gasteiger partial charge is 0.476 e. The Morgan fingerprint density at radius 3 is 2.69 bits per heavy atom. The third kappa shape index (κ3) is 5.18. The van der Waals surface area contributed by atoms with Crippen LogP contribution in [0.4, 0.5) is 0 Å². The number of carboxylic acid groups (broad SMARTS) is 1. The summed E-state index contributed by atoms with van der Waals surface area (Å²) in [5.41, 5.74) is 8.98. The number of hydrogen-bond acceptors (Lipinski definition) is 6. The number of amides is 1. The fourth-order valence-corrected chi connectivity index (χ4v) is 5.39. The second-order valence-corrected chi connectivity index (χ2v) is 9.55. The van der Waals surface area contributed by atoms with E-state index in [4.69, 9.17) is 10.8 Å². The van der Waals surface area contributed by atoms with Gasteiger partial charge in [-0.2, -0.15) is 0 Å². The molecule has 3 N–H and O–H groups in total. The summed E-state index contributed by atoms with van der Waals surface area (Å²) in [5, 5.41) is 10.5. The number of thioether (sulfide) groups is 1. The molecular weight excluding hydrogens is 406 g/mol. The Hall–Kier alpha value is -1.90. The number of hydrogen-bond donors (Lipinski definition) is 2. The van der Waals surface area contributed by atoms with E-state index in [0.717, 1.165) is 18.4 Å². The van der Waals surface area contributed by atoms with Gasteiger partial charge in [-0.15, -0.1) is 11.3 Å². The van der Waals surface area contributed by atoms with Crippen molar-refractivity contribution in [3.05, 3.63) is 46.5 Å². The molecule has 1 aliphatic heterocycles. The van der Waals surface area contributed by atoms with Gasteiger partial charge in [-0.05, 0) is 29.9 Å². The Bertz CT molecular complexity index is 853. The van der Waals surface area contributed by atoms with E-state index in [2.05, 4.69) is 43.1 Å². The SMILES string of the molecule is CCC(C)c1ccc(C(N)[C@H]2CCC(=O)N2CCSc2nc(C(=O)O)cs2)cc1. The van der Waals surface area contributed by atoms with E-state index in [0.29, 0.717) is 29.0 Å². The van der Waals surface area contributed by atoms with Crippen LogP contribution in [0.15, 0.2) is 34.0 Å². The Morgan fingerprint density at radius 1 is 1.38 bits per heavy atom. The predicted octanol–water partition coefficient (Wildman–Crippen LogP) is 4.14. The lowest BCUT2D eigenvalue weighted by Gasteiger charge is -2.30. The average molecular weight is 434 g/mol. The van der Waals surface area contributed by atoms with E-state index >= 15 is 0 Å². The second kappa shape index (κ2) is 9.73. The van der Waals surface area contributed by atoms with Crippen LogP contribution in [0.2, 0.25) is 0 Å². The normalized spacial score (nSPS) is 18.8. The Morgan fingerprint density at radius 2 is 2.07 bits per heavy atom. The summed E-state index contributed by atoms with van der Waals surface area (Å²) in [5.74, 6) is 0.296. The maximum Gasteiger partial charge on any atom is 0.355 e. The molecule has 0 aliphatic carbocycles. The van der Waals surface area contributed by atoms with Crippen LogP contribution >= 0.6 is 23.1 Å². The molecule has 2 aromatic rings. The Labute approximate surface area is 179 Å². The fourth-order valence-electron chi connectivity index (χ4n) is 3.58. The van der Waals surface area contributed by atoms with Crippen molar-refractivity contribution in [2.45, 2.75) is 55.5 Å². The molecule has 6 nitrogen and oxygen atoms in total. The molecule has 0 spiro atoms. The van der Waals surface area contributed by atoms with E-state index in [1.807, 2.05) is 4.90 Å². The minimum atomic E-state index is -1.02. The van der Waals surface area contributed by atoms with Crippen molar-refractivity contribution in [1.29, 1.82) is 0 Å². The summed E-state index contributed by atoms with van der Waals surface area (Å²) < 4.78 is 0.704. The highest BCUT2D eigenvalue weighted by atomic mass is 32.2. The Balaban J connectivity index is 1.60. The lowest BCUT2D eigenvalue weighted by molar-refractivity contribution is -0.128. The minimum Gasteiger partial charge on any atom is -0.476 e. The third-order valence-corrected chi connectivity index (χ3v) is 7.55.